The van der Waals surface area contributed by atoms with Crippen LogP contribution in [0.25, 0.3) is 10.9 Å². The van der Waals surface area contributed by atoms with Crippen molar-refractivity contribution >= 4 is 34.1 Å². The maximum absolute atomic E-state index is 13.2. The van der Waals surface area contributed by atoms with E-state index in [0.29, 0.717) is 11.4 Å². The van der Waals surface area contributed by atoms with Crippen molar-refractivity contribution in [1.29, 1.82) is 0 Å². The summed E-state index contributed by atoms with van der Waals surface area (Å²) >= 11 is 6.09. The number of non-ortho nitro benzene ring substituents is 1. The molecule has 1 atom stereocenters. The van der Waals surface area contributed by atoms with E-state index in [-0.39, 0.29) is 17.5 Å². The van der Waals surface area contributed by atoms with Crippen LogP contribution in [0.5, 0.6) is 0 Å². The standard InChI is InChI=1S/C23H25ClN4O3/c1-2-26-9-11-27(12-10-26)23(29)14-19(16-3-5-17(24)6-4-16)21-15-25-22-8-7-18(28(30)31)13-20(21)22/h3-8,13,15,19,25H,2,9-12,14H2,1H3. The molecule has 1 aromatic heterocycles. The number of hydrogen-bond acceptors (Lipinski definition) is 4. The van der Waals surface area contributed by atoms with Crippen LogP contribution in [0.3, 0.4) is 0 Å². The van der Waals surface area contributed by atoms with Gasteiger partial charge in [-0.25, -0.2) is 0 Å². The van der Waals surface area contributed by atoms with Crippen LogP contribution in [0.2, 0.25) is 5.02 Å². The molecular weight excluding hydrogens is 416 g/mol. The van der Waals surface area contributed by atoms with E-state index in [1.807, 2.05) is 35.4 Å². The Morgan fingerprint density at radius 1 is 1.16 bits per heavy atom. The zero-order valence-electron chi connectivity index (χ0n) is 17.4. The molecule has 1 aliphatic heterocycles. The van der Waals surface area contributed by atoms with Gasteiger partial charge < -0.3 is 14.8 Å². The lowest BCUT2D eigenvalue weighted by Crippen LogP contribution is -2.48. The lowest BCUT2D eigenvalue weighted by molar-refractivity contribution is -0.384. The molecule has 0 spiro atoms. The van der Waals surface area contributed by atoms with Crippen molar-refractivity contribution in [3.8, 4) is 0 Å². The van der Waals surface area contributed by atoms with Crippen molar-refractivity contribution in [2.24, 2.45) is 0 Å². The number of halogens is 1. The first-order valence-electron chi connectivity index (χ1n) is 10.5. The molecule has 1 saturated heterocycles. The average molecular weight is 441 g/mol. The molecule has 0 saturated carbocycles. The minimum absolute atomic E-state index is 0.0326. The van der Waals surface area contributed by atoms with E-state index in [9.17, 15) is 14.9 Å². The maximum Gasteiger partial charge on any atom is 0.270 e. The second-order valence-corrected chi connectivity index (χ2v) is 8.29. The van der Waals surface area contributed by atoms with Crippen molar-refractivity contribution in [2.75, 3.05) is 32.7 Å². The largest absolute Gasteiger partial charge is 0.361 e. The van der Waals surface area contributed by atoms with Crippen molar-refractivity contribution in [3.63, 3.8) is 0 Å². The number of nitro groups is 1. The van der Waals surface area contributed by atoms with Crippen LogP contribution in [0.4, 0.5) is 5.69 Å². The number of benzene rings is 2. The first-order valence-corrected chi connectivity index (χ1v) is 10.8. The molecule has 0 bridgehead atoms. The van der Waals surface area contributed by atoms with Gasteiger partial charge in [0.05, 0.1) is 4.92 Å². The fraction of sp³-hybridized carbons (Fsp3) is 0.348. The van der Waals surface area contributed by atoms with Gasteiger partial charge in [-0.05, 0) is 35.9 Å². The molecule has 31 heavy (non-hydrogen) atoms. The van der Waals surface area contributed by atoms with E-state index in [4.69, 9.17) is 11.6 Å². The van der Waals surface area contributed by atoms with Gasteiger partial charge in [0.2, 0.25) is 5.91 Å². The molecule has 2 aromatic carbocycles. The number of aromatic amines is 1. The van der Waals surface area contributed by atoms with E-state index in [0.717, 1.165) is 54.8 Å². The Balaban J connectivity index is 1.68. The molecule has 162 valence electrons. The number of hydrogen-bond donors (Lipinski definition) is 1. The number of piperazine rings is 1. The van der Waals surface area contributed by atoms with Gasteiger partial charge in [0.1, 0.15) is 0 Å². The Kier molecular flexibility index (Phi) is 6.25. The predicted molar refractivity (Wildman–Crippen MR) is 122 cm³/mol. The summed E-state index contributed by atoms with van der Waals surface area (Å²) in [6, 6.07) is 12.2. The Morgan fingerprint density at radius 3 is 2.52 bits per heavy atom. The molecular formula is C23H25ClN4O3. The maximum atomic E-state index is 13.2. The highest BCUT2D eigenvalue weighted by atomic mass is 35.5. The van der Waals surface area contributed by atoms with Crippen molar-refractivity contribution in [1.82, 2.24) is 14.8 Å². The third-order valence-electron chi connectivity index (χ3n) is 6.11. The number of carbonyl (C=O) groups is 1. The smallest absolute Gasteiger partial charge is 0.270 e. The first kappa shape index (κ1) is 21.3. The summed E-state index contributed by atoms with van der Waals surface area (Å²) in [5.74, 6) is -0.139. The third kappa shape index (κ3) is 4.57. The van der Waals surface area contributed by atoms with E-state index in [1.165, 1.54) is 6.07 Å². The van der Waals surface area contributed by atoms with Crippen LogP contribution in [0, 0.1) is 10.1 Å². The summed E-state index contributed by atoms with van der Waals surface area (Å²) in [5, 5.41) is 12.7. The zero-order chi connectivity index (χ0) is 22.0. The van der Waals surface area contributed by atoms with Gasteiger partial charge in [0, 0.05) is 72.8 Å². The molecule has 0 radical (unpaired) electrons. The second-order valence-electron chi connectivity index (χ2n) is 7.85. The number of carbonyl (C=O) groups excluding carboxylic acids is 1. The number of likely N-dealkylation sites (N-methyl/N-ethyl adjacent to an activating group) is 1. The molecule has 4 rings (SSSR count). The molecule has 1 N–H and O–H groups in total. The summed E-state index contributed by atoms with van der Waals surface area (Å²) in [4.78, 5) is 31.6. The zero-order valence-corrected chi connectivity index (χ0v) is 18.1. The van der Waals surface area contributed by atoms with E-state index in [2.05, 4.69) is 16.8 Å². The van der Waals surface area contributed by atoms with Crippen LogP contribution in [0.15, 0.2) is 48.7 Å². The normalized spacial score (nSPS) is 15.9. The lowest BCUT2D eigenvalue weighted by Gasteiger charge is -2.34. The fourth-order valence-electron chi connectivity index (χ4n) is 4.25. The predicted octanol–water partition coefficient (Wildman–Crippen LogP) is 4.42. The van der Waals surface area contributed by atoms with E-state index in [1.54, 1.807) is 12.1 Å². The summed E-state index contributed by atoms with van der Waals surface area (Å²) in [5.41, 5.74) is 2.67. The highest BCUT2D eigenvalue weighted by Crippen LogP contribution is 2.36. The van der Waals surface area contributed by atoms with Gasteiger partial charge in [0.15, 0.2) is 0 Å². The molecule has 1 aliphatic rings. The minimum atomic E-state index is -0.397. The molecule has 1 unspecified atom stereocenters. The third-order valence-corrected chi connectivity index (χ3v) is 6.36. The van der Waals surface area contributed by atoms with Gasteiger partial charge >= 0.3 is 0 Å². The number of rotatable bonds is 6. The molecule has 7 nitrogen and oxygen atoms in total. The van der Waals surface area contributed by atoms with Gasteiger partial charge in [-0.2, -0.15) is 0 Å². The van der Waals surface area contributed by atoms with Crippen LogP contribution in [-0.4, -0.2) is 58.3 Å². The Labute approximate surface area is 185 Å². The number of fused-ring (bicyclic) bond motifs is 1. The summed E-state index contributed by atoms with van der Waals surface area (Å²) in [6.07, 6.45) is 2.15. The van der Waals surface area contributed by atoms with Crippen LogP contribution < -0.4 is 0 Å². The number of H-pyrrole nitrogens is 1. The SMILES string of the molecule is CCN1CCN(C(=O)CC(c2ccc(Cl)cc2)c2c[nH]c3ccc([N+](=O)[O-])cc23)CC1. The molecule has 0 aliphatic carbocycles. The van der Waals surface area contributed by atoms with E-state index >= 15 is 0 Å². The molecule has 1 fully saturated rings. The van der Waals surface area contributed by atoms with Crippen molar-refractivity contribution < 1.29 is 9.72 Å². The Bertz CT molecular complexity index is 1090. The summed E-state index contributed by atoms with van der Waals surface area (Å²) in [7, 11) is 0. The fourth-order valence-corrected chi connectivity index (χ4v) is 4.38. The number of aromatic nitrogens is 1. The van der Waals surface area contributed by atoms with E-state index < -0.39 is 4.92 Å². The molecule has 8 heteroatoms. The topological polar surface area (TPSA) is 82.5 Å². The van der Waals surface area contributed by atoms with Crippen LogP contribution >= 0.6 is 11.6 Å². The van der Waals surface area contributed by atoms with Gasteiger partial charge in [-0.3, -0.25) is 14.9 Å². The summed E-state index contributed by atoms with van der Waals surface area (Å²) < 4.78 is 0. The Hall–Kier alpha value is -2.90. The minimum Gasteiger partial charge on any atom is -0.361 e. The number of nitrogens with one attached hydrogen (secondary N) is 1. The van der Waals surface area contributed by atoms with Crippen molar-refractivity contribution in [2.45, 2.75) is 19.3 Å². The monoisotopic (exact) mass is 440 g/mol. The van der Waals surface area contributed by atoms with Gasteiger partial charge in [-0.15, -0.1) is 0 Å². The highest BCUT2D eigenvalue weighted by molar-refractivity contribution is 6.30. The van der Waals surface area contributed by atoms with Gasteiger partial charge in [0.25, 0.3) is 5.69 Å². The quantitative estimate of drug-likeness (QED) is 0.454. The van der Waals surface area contributed by atoms with Crippen molar-refractivity contribution in [3.05, 3.63) is 74.9 Å². The average Bonchev–Trinajstić information content (AvgIpc) is 3.21. The number of nitrogens with zero attached hydrogens (tertiary/aromatic N) is 3. The second kappa shape index (κ2) is 9.08. The highest BCUT2D eigenvalue weighted by Gasteiger charge is 2.27. The van der Waals surface area contributed by atoms with Gasteiger partial charge in [-0.1, -0.05) is 30.7 Å². The molecule has 1 amide bonds. The number of amides is 1. The first-order chi connectivity index (χ1) is 15.0. The number of nitro benzene ring substituents is 1. The van der Waals surface area contributed by atoms with Crippen LogP contribution in [-0.2, 0) is 4.79 Å². The van der Waals surface area contributed by atoms with Crippen LogP contribution in [0.1, 0.15) is 30.4 Å². The summed E-state index contributed by atoms with van der Waals surface area (Å²) in [6.45, 7) is 6.33. The molecule has 3 aromatic rings. The lowest BCUT2D eigenvalue weighted by atomic mass is 9.87. The molecule has 2 heterocycles. The Morgan fingerprint density at radius 2 is 1.87 bits per heavy atom.